The van der Waals surface area contributed by atoms with Crippen molar-refractivity contribution in [2.75, 3.05) is 44.6 Å². The van der Waals surface area contributed by atoms with Gasteiger partial charge in [-0.3, -0.25) is 14.5 Å². The maximum Gasteiger partial charge on any atom is 0.257 e. The Morgan fingerprint density at radius 2 is 1.71 bits per heavy atom. The average Bonchev–Trinajstić information content (AvgIpc) is 3.55. The molecule has 2 fully saturated rings. The van der Waals surface area contributed by atoms with Gasteiger partial charge in [0.15, 0.2) is 0 Å². The van der Waals surface area contributed by atoms with Gasteiger partial charge in [-0.15, -0.1) is 11.3 Å². The van der Waals surface area contributed by atoms with E-state index in [-0.39, 0.29) is 28.9 Å². The maximum atomic E-state index is 13.5. The lowest BCUT2D eigenvalue weighted by molar-refractivity contribution is -0.0440. The Balaban J connectivity index is 1.37. The number of hydrogen-bond donors (Lipinski definition) is 1. The van der Waals surface area contributed by atoms with Gasteiger partial charge >= 0.3 is 0 Å². The number of likely N-dealkylation sites (tertiary alicyclic amines) is 1. The number of nitrogens with one attached hydrogen (secondary N) is 1. The number of thiophene rings is 1. The Bertz CT molecular complexity index is 1290. The predicted molar refractivity (Wildman–Crippen MR) is 147 cm³/mol. The van der Waals surface area contributed by atoms with Crippen LogP contribution in [-0.4, -0.2) is 85.8 Å². The molecule has 0 saturated carbocycles. The SMILES string of the molecule is CCN1CCc2c(sc(NC(=O)c3ccc(S(=O)(=O)N4CC(C)OC(C)C4)cc3)c2C(=O)N2CCCC2)C1. The van der Waals surface area contributed by atoms with Crippen LogP contribution in [0, 0.1) is 0 Å². The van der Waals surface area contributed by atoms with Crippen LogP contribution >= 0.6 is 11.3 Å². The van der Waals surface area contributed by atoms with E-state index in [1.165, 1.54) is 39.9 Å². The van der Waals surface area contributed by atoms with E-state index in [4.69, 9.17) is 4.74 Å². The summed E-state index contributed by atoms with van der Waals surface area (Å²) in [4.78, 5) is 32.3. The first-order valence-electron chi connectivity index (χ1n) is 13.4. The molecule has 0 radical (unpaired) electrons. The van der Waals surface area contributed by atoms with Crippen molar-refractivity contribution in [3.05, 3.63) is 45.8 Å². The second-order valence-corrected chi connectivity index (χ2v) is 13.4. The van der Waals surface area contributed by atoms with E-state index < -0.39 is 10.0 Å². The monoisotopic (exact) mass is 560 g/mol. The van der Waals surface area contributed by atoms with Gasteiger partial charge in [0.2, 0.25) is 10.0 Å². The molecule has 2 saturated heterocycles. The molecule has 0 bridgehead atoms. The molecule has 2 amide bonds. The zero-order chi connectivity index (χ0) is 27.0. The summed E-state index contributed by atoms with van der Waals surface area (Å²) in [6.45, 7) is 10.5. The molecule has 1 aromatic heterocycles. The van der Waals surface area contributed by atoms with Crippen LogP contribution in [0.4, 0.5) is 5.00 Å². The summed E-state index contributed by atoms with van der Waals surface area (Å²) in [5.74, 6) is -0.361. The Morgan fingerprint density at radius 1 is 1.05 bits per heavy atom. The number of sulfonamides is 1. The summed E-state index contributed by atoms with van der Waals surface area (Å²) >= 11 is 1.48. The van der Waals surface area contributed by atoms with E-state index in [0.29, 0.717) is 29.2 Å². The van der Waals surface area contributed by atoms with E-state index in [0.717, 1.165) is 62.4 Å². The van der Waals surface area contributed by atoms with Crippen molar-refractivity contribution in [2.24, 2.45) is 0 Å². The fourth-order valence-electron chi connectivity index (χ4n) is 5.55. The van der Waals surface area contributed by atoms with Crippen LogP contribution in [0.15, 0.2) is 29.2 Å². The molecule has 0 spiro atoms. The topological polar surface area (TPSA) is 99.3 Å². The zero-order valence-corrected chi connectivity index (χ0v) is 23.9. The number of fused-ring (bicyclic) bond motifs is 1. The third-order valence-electron chi connectivity index (χ3n) is 7.56. The quantitative estimate of drug-likeness (QED) is 0.582. The molecule has 5 rings (SSSR count). The van der Waals surface area contributed by atoms with Gasteiger partial charge in [0, 0.05) is 49.7 Å². The molecule has 206 valence electrons. The summed E-state index contributed by atoms with van der Waals surface area (Å²) in [6.07, 6.45) is 2.42. The van der Waals surface area contributed by atoms with E-state index in [9.17, 15) is 18.0 Å². The van der Waals surface area contributed by atoms with Gasteiger partial charge in [0.1, 0.15) is 5.00 Å². The minimum absolute atomic E-state index is 0.00402. The summed E-state index contributed by atoms with van der Waals surface area (Å²) in [5, 5.41) is 3.58. The molecular weight excluding hydrogens is 524 g/mol. The van der Waals surface area contributed by atoms with Crippen molar-refractivity contribution in [1.29, 1.82) is 0 Å². The fraction of sp³-hybridized carbons (Fsp3) is 0.556. The molecule has 38 heavy (non-hydrogen) atoms. The second kappa shape index (κ2) is 11.1. The minimum Gasteiger partial charge on any atom is -0.373 e. The summed E-state index contributed by atoms with van der Waals surface area (Å²) in [5.41, 5.74) is 2.03. The van der Waals surface area contributed by atoms with Crippen LogP contribution in [0.5, 0.6) is 0 Å². The van der Waals surface area contributed by atoms with Crippen molar-refractivity contribution < 1.29 is 22.7 Å². The molecule has 2 unspecified atom stereocenters. The van der Waals surface area contributed by atoms with Crippen molar-refractivity contribution in [3.63, 3.8) is 0 Å². The van der Waals surface area contributed by atoms with Gasteiger partial charge in [-0.1, -0.05) is 6.92 Å². The Kier molecular flexibility index (Phi) is 7.93. The highest BCUT2D eigenvalue weighted by Gasteiger charge is 2.33. The number of rotatable bonds is 6. The number of nitrogens with zero attached hydrogens (tertiary/aromatic N) is 3. The minimum atomic E-state index is -3.70. The number of benzene rings is 1. The molecule has 3 aliphatic heterocycles. The smallest absolute Gasteiger partial charge is 0.257 e. The zero-order valence-electron chi connectivity index (χ0n) is 22.2. The van der Waals surface area contributed by atoms with Gasteiger partial charge in [-0.25, -0.2) is 8.42 Å². The van der Waals surface area contributed by atoms with Crippen LogP contribution in [-0.2, 0) is 27.7 Å². The number of carbonyl (C=O) groups excluding carboxylic acids is 2. The van der Waals surface area contributed by atoms with E-state index in [1.807, 2.05) is 18.7 Å². The van der Waals surface area contributed by atoms with Crippen LogP contribution in [0.3, 0.4) is 0 Å². The van der Waals surface area contributed by atoms with E-state index >= 15 is 0 Å². The standard InChI is InChI=1S/C27H36N4O5S2/c1-4-29-14-11-22-23(17-29)37-26(24(22)27(33)30-12-5-6-13-30)28-25(32)20-7-9-21(10-8-20)38(34,35)31-15-18(2)36-19(3)16-31/h7-10,18-19H,4-6,11-17H2,1-3H3,(H,28,32). The lowest BCUT2D eigenvalue weighted by atomic mass is 10.0. The largest absolute Gasteiger partial charge is 0.373 e. The molecule has 11 heteroatoms. The number of amides is 2. The van der Waals surface area contributed by atoms with Gasteiger partial charge in [0.05, 0.1) is 22.7 Å². The van der Waals surface area contributed by atoms with Crippen LogP contribution in [0.2, 0.25) is 0 Å². The van der Waals surface area contributed by atoms with Crippen LogP contribution in [0.1, 0.15) is 64.8 Å². The number of likely N-dealkylation sites (N-methyl/N-ethyl adjacent to an activating group) is 1. The predicted octanol–water partition coefficient (Wildman–Crippen LogP) is 3.41. The first-order chi connectivity index (χ1) is 18.2. The van der Waals surface area contributed by atoms with Crippen LogP contribution in [0.25, 0.3) is 0 Å². The summed E-state index contributed by atoms with van der Waals surface area (Å²) < 4.78 is 33.5. The Morgan fingerprint density at radius 3 is 2.34 bits per heavy atom. The molecule has 9 nitrogen and oxygen atoms in total. The van der Waals surface area contributed by atoms with Gasteiger partial charge < -0.3 is 15.0 Å². The first-order valence-corrected chi connectivity index (χ1v) is 15.7. The Hall–Kier alpha value is -2.31. The highest BCUT2D eigenvalue weighted by Crippen LogP contribution is 2.38. The summed E-state index contributed by atoms with van der Waals surface area (Å²) in [7, 11) is -3.70. The highest BCUT2D eigenvalue weighted by atomic mass is 32.2. The number of carbonyl (C=O) groups is 2. The van der Waals surface area contributed by atoms with E-state index in [1.54, 1.807) is 0 Å². The first kappa shape index (κ1) is 27.3. The molecular formula is C27H36N4O5S2. The van der Waals surface area contributed by atoms with Crippen molar-refractivity contribution in [3.8, 4) is 0 Å². The normalized spacial score (nSPS) is 22.9. The van der Waals surface area contributed by atoms with Crippen molar-refractivity contribution >= 4 is 38.2 Å². The number of morpholine rings is 1. The second-order valence-electron chi connectivity index (χ2n) is 10.4. The van der Waals surface area contributed by atoms with Crippen molar-refractivity contribution in [1.82, 2.24) is 14.1 Å². The maximum absolute atomic E-state index is 13.5. The number of hydrogen-bond acceptors (Lipinski definition) is 7. The lowest BCUT2D eigenvalue weighted by Gasteiger charge is -2.34. The van der Waals surface area contributed by atoms with Gasteiger partial charge in [-0.05, 0) is 69.5 Å². The molecule has 2 aromatic rings. The average molecular weight is 561 g/mol. The number of anilines is 1. The third kappa shape index (κ3) is 5.40. The molecule has 1 N–H and O–H groups in total. The van der Waals surface area contributed by atoms with Gasteiger partial charge in [0.25, 0.3) is 11.8 Å². The molecule has 1 aromatic carbocycles. The highest BCUT2D eigenvalue weighted by molar-refractivity contribution is 7.89. The molecule has 0 aliphatic carbocycles. The van der Waals surface area contributed by atoms with Crippen molar-refractivity contribution in [2.45, 2.75) is 63.7 Å². The molecule has 4 heterocycles. The Labute approximate surface area is 228 Å². The molecule has 3 aliphatic rings. The summed E-state index contributed by atoms with van der Waals surface area (Å²) in [6, 6.07) is 6.02. The number of ether oxygens (including phenoxy) is 1. The molecule has 2 atom stereocenters. The fourth-order valence-corrected chi connectivity index (χ4v) is 8.42. The van der Waals surface area contributed by atoms with E-state index in [2.05, 4.69) is 17.1 Å². The third-order valence-corrected chi connectivity index (χ3v) is 10.5. The lowest BCUT2D eigenvalue weighted by Crippen LogP contribution is -2.48. The van der Waals surface area contributed by atoms with Gasteiger partial charge in [-0.2, -0.15) is 4.31 Å². The van der Waals surface area contributed by atoms with Crippen LogP contribution < -0.4 is 5.32 Å².